The Balaban J connectivity index is 1.69. The van der Waals surface area contributed by atoms with Crippen molar-refractivity contribution in [1.29, 1.82) is 0 Å². The summed E-state index contributed by atoms with van der Waals surface area (Å²) in [4.78, 5) is 35.9. The maximum atomic E-state index is 12.8. The molecule has 0 bridgehead atoms. The average molecular weight is 409 g/mol. The first-order valence-corrected chi connectivity index (χ1v) is 8.68. The maximum Gasteiger partial charge on any atom is 0.471 e. The van der Waals surface area contributed by atoms with E-state index in [-0.39, 0.29) is 11.3 Å². The quantitative estimate of drug-likeness (QED) is 0.831. The van der Waals surface area contributed by atoms with Gasteiger partial charge in [-0.25, -0.2) is 4.98 Å². The van der Waals surface area contributed by atoms with Gasteiger partial charge in [0.25, 0.3) is 5.91 Å². The SMILES string of the molecule is COc1ccnc(N2CCN(C(=O)c3ccccc3NC(=O)C(F)(F)F)CC2)n1. The highest BCUT2D eigenvalue weighted by Crippen LogP contribution is 2.23. The smallest absolute Gasteiger partial charge is 0.471 e. The van der Waals surface area contributed by atoms with E-state index < -0.39 is 18.0 Å². The van der Waals surface area contributed by atoms with E-state index in [1.807, 2.05) is 4.90 Å². The number of ether oxygens (including phenoxy) is 1. The minimum atomic E-state index is -5.04. The van der Waals surface area contributed by atoms with Crippen molar-refractivity contribution in [2.24, 2.45) is 0 Å². The number of methoxy groups -OCH3 is 1. The van der Waals surface area contributed by atoms with Crippen LogP contribution in [0.3, 0.4) is 0 Å². The second-order valence-corrected chi connectivity index (χ2v) is 6.18. The number of anilines is 2. The van der Waals surface area contributed by atoms with Crippen molar-refractivity contribution in [3.8, 4) is 5.88 Å². The molecule has 1 aromatic heterocycles. The van der Waals surface area contributed by atoms with Gasteiger partial charge in [-0.2, -0.15) is 18.2 Å². The van der Waals surface area contributed by atoms with Gasteiger partial charge in [-0.1, -0.05) is 12.1 Å². The van der Waals surface area contributed by atoms with Crippen LogP contribution < -0.4 is 15.0 Å². The molecule has 0 radical (unpaired) electrons. The van der Waals surface area contributed by atoms with Crippen LogP contribution in [0, 0.1) is 0 Å². The molecule has 2 amide bonds. The number of carbonyl (C=O) groups is 2. The van der Waals surface area contributed by atoms with Crippen molar-refractivity contribution in [3.63, 3.8) is 0 Å². The second kappa shape index (κ2) is 8.33. The number of amides is 2. The molecule has 8 nitrogen and oxygen atoms in total. The van der Waals surface area contributed by atoms with Gasteiger partial charge in [-0.15, -0.1) is 0 Å². The number of hydrogen-bond donors (Lipinski definition) is 1. The highest BCUT2D eigenvalue weighted by molar-refractivity contribution is 6.04. The molecule has 11 heteroatoms. The van der Waals surface area contributed by atoms with Crippen LogP contribution in [0.15, 0.2) is 36.5 Å². The lowest BCUT2D eigenvalue weighted by molar-refractivity contribution is -0.167. The molecule has 1 aliphatic rings. The lowest BCUT2D eigenvalue weighted by Crippen LogP contribution is -2.49. The second-order valence-electron chi connectivity index (χ2n) is 6.18. The minimum absolute atomic E-state index is 0.00354. The number of aromatic nitrogens is 2. The van der Waals surface area contributed by atoms with Gasteiger partial charge in [-0.05, 0) is 12.1 Å². The van der Waals surface area contributed by atoms with Crippen LogP contribution in [0.2, 0.25) is 0 Å². The summed E-state index contributed by atoms with van der Waals surface area (Å²) in [6, 6.07) is 7.23. The predicted molar refractivity (Wildman–Crippen MR) is 97.8 cm³/mol. The molecule has 1 aromatic carbocycles. The molecule has 2 aromatic rings. The molecule has 0 atom stereocenters. The molecule has 0 unspecified atom stereocenters. The lowest BCUT2D eigenvalue weighted by atomic mass is 10.1. The van der Waals surface area contributed by atoms with Gasteiger partial charge < -0.3 is 19.9 Å². The number of hydrogen-bond acceptors (Lipinski definition) is 6. The first-order chi connectivity index (χ1) is 13.8. The summed E-state index contributed by atoms with van der Waals surface area (Å²) in [5, 5.41) is 1.76. The van der Waals surface area contributed by atoms with Gasteiger partial charge >= 0.3 is 12.1 Å². The van der Waals surface area contributed by atoms with E-state index in [9.17, 15) is 22.8 Å². The molecular weight excluding hydrogens is 391 g/mol. The Morgan fingerprint density at radius 2 is 1.79 bits per heavy atom. The molecule has 0 aliphatic carbocycles. The predicted octanol–water partition coefficient (Wildman–Crippen LogP) is 1.95. The van der Waals surface area contributed by atoms with E-state index in [2.05, 4.69) is 9.97 Å². The van der Waals surface area contributed by atoms with E-state index in [1.54, 1.807) is 17.6 Å². The Labute approximate surface area is 164 Å². The molecule has 0 spiro atoms. The number of carbonyl (C=O) groups excluding carboxylic acids is 2. The fourth-order valence-electron chi connectivity index (χ4n) is 2.85. The fourth-order valence-corrected chi connectivity index (χ4v) is 2.85. The van der Waals surface area contributed by atoms with E-state index in [1.165, 1.54) is 36.3 Å². The van der Waals surface area contributed by atoms with Crippen LogP contribution in [0.1, 0.15) is 10.4 Å². The van der Waals surface area contributed by atoms with Crippen LogP contribution in [0.5, 0.6) is 5.88 Å². The highest BCUT2D eigenvalue weighted by Gasteiger charge is 2.39. The molecule has 1 N–H and O–H groups in total. The first kappa shape index (κ1) is 20.4. The number of para-hydroxylation sites is 1. The van der Waals surface area contributed by atoms with Crippen molar-refractivity contribution in [3.05, 3.63) is 42.1 Å². The van der Waals surface area contributed by atoms with Crippen molar-refractivity contribution in [2.75, 3.05) is 43.5 Å². The number of benzene rings is 1. The van der Waals surface area contributed by atoms with Crippen molar-refractivity contribution in [2.45, 2.75) is 6.18 Å². The molecule has 2 heterocycles. The summed E-state index contributed by atoms with van der Waals surface area (Å²) in [7, 11) is 1.50. The van der Waals surface area contributed by atoms with Crippen LogP contribution >= 0.6 is 0 Å². The normalized spacial score (nSPS) is 14.5. The van der Waals surface area contributed by atoms with Gasteiger partial charge in [0.2, 0.25) is 11.8 Å². The summed E-state index contributed by atoms with van der Waals surface area (Å²) in [5.41, 5.74) is -0.186. The zero-order valence-corrected chi connectivity index (χ0v) is 15.4. The summed E-state index contributed by atoms with van der Waals surface area (Å²) in [6.07, 6.45) is -3.48. The largest absolute Gasteiger partial charge is 0.481 e. The van der Waals surface area contributed by atoms with E-state index in [4.69, 9.17) is 4.74 Å². The first-order valence-electron chi connectivity index (χ1n) is 8.68. The maximum absolute atomic E-state index is 12.8. The van der Waals surface area contributed by atoms with E-state index in [0.717, 1.165) is 0 Å². The topological polar surface area (TPSA) is 87.7 Å². The number of halogens is 3. The van der Waals surface area contributed by atoms with Crippen LogP contribution in [0.4, 0.5) is 24.8 Å². The zero-order valence-electron chi connectivity index (χ0n) is 15.4. The molecule has 1 fully saturated rings. The Hall–Kier alpha value is -3.37. The Kier molecular flexibility index (Phi) is 5.85. The van der Waals surface area contributed by atoms with Gasteiger partial charge in [0, 0.05) is 38.4 Å². The van der Waals surface area contributed by atoms with Gasteiger partial charge in [0.1, 0.15) is 0 Å². The Morgan fingerprint density at radius 3 is 2.45 bits per heavy atom. The third-order valence-corrected chi connectivity index (χ3v) is 4.34. The van der Waals surface area contributed by atoms with E-state index in [0.29, 0.717) is 38.0 Å². The average Bonchev–Trinajstić information content (AvgIpc) is 2.73. The third-order valence-electron chi connectivity index (χ3n) is 4.34. The molecule has 1 aliphatic heterocycles. The summed E-state index contributed by atoms with van der Waals surface area (Å²) >= 11 is 0. The monoisotopic (exact) mass is 409 g/mol. The van der Waals surface area contributed by atoms with E-state index >= 15 is 0 Å². The number of alkyl halides is 3. The standard InChI is InChI=1S/C18H18F3N5O3/c1-29-14-6-7-22-17(24-14)26-10-8-25(9-11-26)15(27)12-4-2-3-5-13(12)23-16(28)18(19,20)21/h2-7H,8-11H2,1H3,(H,23,28). The van der Waals surface area contributed by atoms with Crippen molar-refractivity contribution < 1.29 is 27.5 Å². The third kappa shape index (κ3) is 4.73. The zero-order chi connectivity index (χ0) is 21.0. The van der Waals surface area contributed by atoms with Crippen LogP contribution in [-0.4, -0.2) is 66.1 Å². The fraction of sp³-hybridized carbons (Fsp3) is 0.333. The lowest BCUT2D eigenvalue weighted by Gasteiger charge is -2.35. The van der Waals surface area contributed by atoms with Gasteiger partial charge in [0.05, 0.1) is 18.4 Å². The number of rotatable bonds is 4. The van der Waals surface area contributed by atoms with Crippen molar-refractivity contribution >= 4 is 23.5 Å². The Morgan fingerprint density at radius 1 is 1.10 bits per heavy atom. The minimum Gasteiger partial charge on any atom is -0.481 e. The molecule has 29 heavy (non-hydrogen) atoms. The number of piperazine rings is 1. The van der Waals surface area contributed by atoms with Crippen LogP contribution in [0.25, 0.3) is 0 Å². The number of nitrogens with zero attached hydrogens (tertiary/aromatic N) is 4. The van der Waals surface area contributed by atoms with Gasteiger partial charge in [0.15, 0.2) is 0 Å². The highest BCUT2D eigenvalue weighted by atomic mass is 19.4. The molecule has 0 saturated carbocycles. The molecular formula is C18H18F3N5O3. The van der Waals surface area contributed by atoms with Crippen LogP contribution in [-0.2, 0) is 4.79 Å². The van der Waals surface area contributed by atoms with Crippen molar-refractivity contribution in [1.82, 2.24) is 14.9 Å². The summed E-state index contributed by atoms with van der Waals surface area (Å²) in [6.45, 7) is 1.52. The Bertz CT molecular complexity index is 898. The molecule has 154 valence electrons. The van der Waals surface area contributed by atoms with Gasteiger partial charge in [-0.3, -0.25) is 9.59 Å². The molecule has 3 rings (SSSR count). The summed E-state index contributed by atoms with van der Waals surface area (Å²) in [5.74, 6) is -1.70. The number of nitrogens with one attached hydrogen (secondary N) is 1. The summed E-state index contributed by atoms with van der Waals surface area (Å²) < 4.78 is 42.7. The molecule has 1 saturated heterocycles.